The van der Waals surface area contributed by atoms with Gasteiger partial charge in [-0.3, -0.25) is 9.59 Å². The molecular weight excluding hydrogens is 146 g/mol. The highest BCUT2D eigenvalue weighted by molar-refractivity contribution is 5.96. The van der Waals surface area contributed by atoms with E-state index >= 15 is 0 Å². The molecule has 0 rings (SSSR count). The predicted molar refractivity (Wildman–Crippen MR) is 40.2 cm³/mol. The largest absolute Gasteiger partial charge is 0.469 e. The van der Waals surface area contributed by atoms with Gasteiger partial charge in [-0.05, 0) is 14.1 Å². The summed E-state index contributed by atoms with van der Waals surface area (Å²) in [7, 11) is 4.82. The third-order valence-corrected chi connectivity index (χ3v) is 1.06. The molecule has 0 atom stereocenters. The van der Waals surface area contributed by atoms with Crippen molar-refractivity contribution in [3.05, 3.63) is 0 Å². The quantitative estimate of drug-likeness (QED) is 0.416. The van der Waals surface area contributed by atoms with Gasteiger partial charge in [-0.2, -0.15) is 0 Å². The number of hydrogen-bond donors (Lipinski definition) is 0. The molecule has 0 spiro atoms. The van der Waals surface area contributed by atoms with Crippen LogP contribution in [0.3, 0.4) is 0 Å². The lowest BCUT2D eigenvalue weighted by atomic mass is 10.3. The first-order valence-corrected chi connectivity index (χ1v) is 3.29. The molecule has 11 heavy (non-hydrogen) atoms. The number of esters is 1. The van der Waals surface area contributed by atoms with E-state index in [9.17, 15) is 9.59 Å². The summed E-state index contributed by atoms with van der Waals surface area (Å²) in [5, 5.41) is 0. The van der Waals surface area contributed by atoms with Gasteiger partial charge in [0.15, 0.2) is 5.78 Å². The van der Waals surface area contributed by atoms with E-state index in [0.29, 0.717) is 0 Å². The molecule has 4 nitrogen and oxygen atoms in total. The van der Waals surface area contributed by atoms with E-state index in [1.807, 2.05) is 0 Å². The number of Topliss-reactive ketones (excluding diaryl/α,β-unsaturated/α-hetero) is 1. The second-order valence-electron chi connectivity index (χ2n) is 2.53. The summed E-state index contributed by atoms with van der Waals surface area (Å²) in [5.74, 6) is -0.598. The van der Waals surface area contributed by atoms with Gasteiger partial charge in [0, 0.05) is 0 Å². The van der Waals surface area contributed by atoms with Crippen molar-refractivity contribution < 1.29 is 14.3 Å². The van der Waals surface area contributed by atoms with Crippen molar-refractivity contribution in [2.75, 3.05) is 27.7 Å². The van der Waals surface area contributed by atoms with Gasteiger partial charge in [-0.1, -0.05) is 0 Å². The lowest BCUT2D eigenvalue weighted by Crippen LogP contribution is -2.23. The first-order valence-electron chi connectivity index (χ1n) is 3.29. The number of likely N-dealkylation sites (N-methyl/N-ethyl adjacent to an activating group) is 1. The number of methoxy groups -OCH3 is 1. The summed E-state index contributed by atoms with van der Waals surface area (Å²) in [6.07, 6.45) is -0.130. The first kappa shape index (κ1) is 10.1. The normalized spacial score (nSPS) is 9.82. The molecule has 4 heteroatoms. The monoisotopic (exact) mass is 159 g/mol. The number of hydrogen-bond acceptors (Lipinski definition) is 4. The third-order valence-electron chi connectivity index (χ3n) is 1.06. The molecule has 0 heterocycles. The average Bonchev–Trinajstić information content (AvgIpc) is 1.85. The minimum atomic E-state index is -0.475. The van der Waals surface area contributed by atoms with Gasteiger partial charge in [-0.25, -0.2) is 0 Å². The first-order chi connectivity index (χ1) is 5.06. The molecule has 0 saturated heterocycles. The molecule has 0 aromatic rings. The summed E-state index contributed by atoms with van der Waals surface area (Å²) in [4.78, 5) is 23.1. The lowest BCUT2D eigenvalue weighted by molar-refractivity contribution is -0.143. The van der Waals surface area contributed by atoms with Crippen molar-refractivity contribution in [3.63, 3.8) is 0 Å². The topological polar surface area (TPSA) is 46.6 Å². The summed E-state index contributed by atoms with van der Waals surface area (Å²) in [6, 6.07) is 0. The smallest absolute Gasteiger partial charge is 0.313 e. The van der Waals surface area contributed by atoms with Crippen molar-refractivity contribution in [2.45, 2.75) is 6.42 Å². The molecule has 64 valence electrons. The Labute approximate surface area is 66.1 Å². The molecule has 0 aromatic carbocycles. The highest BCUT2D eigenvalue weighted by Gasteiger charge is 2.09. The van der Waals surface area contributed by atoms with Crippen LogP contribution in [-0.4, -0.2) is 44.4 Å². The molecule has 0 aliphatic rings. The van der Waals surface area contributed by atoms with Gasteiger partial charge in [0.05, 0.1) is 13.7 Å². The zero-order chi connectivity index (χ0) is 8.85. The van der Waals surface area contributed by atoms with Crippen LogP contribution in [0, 0.1) is 0 Å². The van der Waals surface area contributed by atoms with Crippen LogP contribution in [-0.2, 0) is 14.3 Å². The molecule has 0 aliphatic carbocycles. The van der Waals surface area contributed by atoms with Crippen LogP contribution in [0.5, 0.6) is 0 Å². The van der Waals surface area contributed by atoms with Gasteiger partial charge in [0.2, 0.25) is 0 Å². The van der Waals surface area contributed by atoms with Crippen LogP contribution < -0.4 is 0 Å². The van der Waals surface area contributed by atoms with Gasteiger partial charge < -0.3 is 9.64 Å². The molecule has 0 saturated carbocycles. The lowest BCUT2D eigenvalue weighted by Gasteiger charge is -2.06. The van der Waals surface area contributed by atoms with Crippen molar-refractivity contribution >= 4 is 11.8 Å². The minimum Gasteiger partial charge on any atom is -0.469 e. The van der Waals surface area contributed by atoms with Crippen LogP contribution in [0.4, 0.5) is 0 Å². The van der Waals surface area contributed by atoms with Crippen LogP contribution in [0.15, 0.2) is 0 Å². The van der Waals surface area contributed by atoms with Crippen molar-refractivity contribution in [3.8, 4) is 0 Å². The van der Waals surface area contributed by atoms with Gasteiger partial charge >= 0.3 is 5.97 Å². The van der Waals surface area contributed by atoms with Gasteiger partial charge in [0.25, 0.3) is 0 Å². The molecule has 0 fully saturated rings. The Kier molecular flexibility index (Phi) is 4.45. The van der Waals surface area contributed by atoms with E-state index in [4.69, 9.17) is 0 Å². The van der Waals surface area contributed by atoms with Crippen LogP contribution in [0.2, 0.25) is 0 Å². The van der Waals surface area contributed by atoms with Gasteiger partial charge in [0.1, 0.15) is 6.42 Å². The van der Waals surface area contributed by atoms with Crippen molar-refractivity contribution in [1.29, 1.82) is 0 Å². The summed E-state index contributed by atoms with van der Waals surface area (Å²) in [6.45, 7) is 0.287. The van der Waals surface area contributed by atoms with Crippen LogP contribution >= 0.6 is 0 Å². The van der Waals surface area contributed by atoms with E-state index in [1.165, 1.54) is 7.11 Å². The molecule has 0 bridgehead atoms. The molecular formula is C7H13NO3. The number of carbonyl (C=O) groups is 2. The van der Waals surface area contributed by atoms with E-state index in [-0.39, 0.29) is 18.7 Å². The van der Waals surface area contributed by atoms with Crippen molar-refractivity contribution in [1.82, 2.24) is 4.90 Å². The summed E-state index contributed by atoms with van der Waals surface area (Å²) in [5.41, 5.74) is 0. The number of ether oxygens (including phenoxy) is 1. The Morgan fingerprint density at radius 2 is 1.91 bits per heavy atom. The zero-order valence-electron chi connectivity index (χ0n) is 7.09. The van der Waals surface area contributed by atoms with E-state index < -0.39 is 5.97 Å². The highest BCUT2D eigenvalue weighted by Crippen LogP contribution is 1.88. The zero-order valence-corrected chi connectivity index (χ0v) is 7.09. The third kappa shape index (κ3) is 5.54. The Balaban J connectivity index is 3.61. The average molecular weight is 159 g/mol. The number of ketones is 1. The second kappa shape index (κ2) is 4.85. The Morgan fingerprint density at radius 3 is 2.27 bits per heavy atom. The van der Waals surface area contributed by atoms with E-state index in [0.717, 1.165) is 0 Å². The van der Waals surface area contributed by atoms with Crippen LogP contribution in [0.25, 0.3) is 0 Å². The van der Waals surface area contributed by atoms with Crippen molar-refractivity contribution in [2.24, 2.45) is 0 Å². The number of nitrogens with zero attached hydrogens (tertiary/aromatic N) is 1. The summed E-state index contributed by atoms with van der Waals surface area (Å²) >= 11 is 0. The Morgan fingerprint density at radius 1 is 1.36 bits per heavy atom. The number of carbonyl (C=O) groups excluding carboxylic acids is 2. The molecule has 0 N–H and O–H groups in total. The predicted octanol–water partition coefficient (Wildman–Crippen LogP) is -0.320. The SMILES string of the molecule is COC(=O)CC(=O)CN(C)C. The fourth-order valence-electron chi connectivity index (χ4n) is 0.642. The Hall–Kier alpha value is -0.900. The fourth-order valence-corrected chi connectivity index (χ4v) is 0.642. The second-order valence-corrected chi connectivity index (χ2v) is 2.53. The fraction of sp³-hybridized carbons (Fsp3) is 0.714. The van der Waals surface area contributed by atoms with Crippen LogP contribution in [0.1, 0.15) is 6.42 Å². The Bertz CT molecular complexity index is 154. The standard InChI is InChI=1S/C7H13NO3/c1-8(2)5-6(9)4-7(10)11-3/h4-5H2,1-3H3. The maximum Gasteiger partial charge on any atom is 0.313 e. The highest BCUT2D eigenvalue weighted by atomic mass is 16.5. The number of rotatable bonds is 4. The molecule has 0 radical (unpaired) electrons. The molecule has 0 amide bonds. The molecule has 0 aliphatic heterocycles. The minimum absolute atomic E-state index is 0.123. The molecule has 0 unspecified atom stereocenters. The summed E-state index contributed by atoms with van der Waals surface area (Å²) < 4.78 is 4.32. The maximum atomic E-state index is 10.9. The van der Waals surface area contributed by atoms with Gasteiger partial charge in [-0.15, -0.1) is 0 Å². The van der Waals surface area contributed by atoms with E-state index in [2.05, 4.69) is 4.74 Å². The molecule has 0 aromatic heterocycles. The van der Waals surface area contributed by atoms with E-state index in [1.54, 1.807) is 19.0 Å². The maximum absolute atomic E-state index is 10.9.